The maximum Gasteiger partial charge on any atom is 0.340 e. The van der Waals surface area contributed by atoms with Crippen LogP contribution in [0.1, 0.15) is 46.9 Å². The second-order valence-corrected chi connectivity index (χ2v) is 5.46. The lowest BCUT2D eigenvalue weighted by atomic mass is 10.1. The largest absolute Gasteiger partial charge is 0.462 e. The van der Waals surface area contributed by atoms with E-state index < -0.39 is 5.97 Å². The molecule has 1 amide bonds. The number of hydrogen-bond donors (Lipinski definition) is 1. The number of anilines is 1. The lowest BCUT2D eigenvalue weighted by Crippen LogP contribution is -2.15. The minimum Gasteiger partial charge on any atom is -0.462 e. The first kappa shape index (κ1) is 18.4. The number of esters is 1. The monoisotopic (exact) mass is 339 g/mol. The molecule has 0 spiro atoms. The van der Waals surface area contributed by atoms with Crippen LogP contribution >= 0.6 is 0 Å². The Kier molecular flexibility index (Phi) is 6.89. The van der Waals surface area contributed by atoms with Crippen molar-refractivity contribution >= 4 is 23.3 Å². The summed E-state index contributed by atoms with van der Waals surface area (Å²) in [5.74, 6) is -0.699. The number of carbonyl (C=O) groups is 3. The minimum absolute atomic E-state index is 0.0142. The molecule has 0 aliphatic carbocycles. The zero-order valence-electron chi connectivity index (χ0n) is 14.2. The molecular weight excluding hydrogens is 318 g/mol. The van der Waals surface area contributed by atoms with E-state index in [1.807, 2.05) is 18.2 Å². The summed E-state index contributed by atoms with van der Waals surface area (Å²) in [5, 5.41) is 2.71. The summed E-state index contributed by atoms with van der Waals surface area (Å²) in [4.78, 5) is 36.0. The van der Waals surface area contributed by atoms with Gasteiger partial charge in [-0.2, -0.15) is 0 Å². The highest BCUT2D eigenvalue weighted by Crippen LogP contribution is 2.17. The Balaban J connectivity index is 1.87. The van der Waals surface area contributed by atoms with Crippen molar-refractivity contribution in [3.63, 3.8) is 0 Å². The number of nitrogens with one attached hydrogen (secondary N) is 1. The van der Waals surface area contributed by atoms with Gasteiger partial charge < -0.3 is 10.1 Å². The first-order valence-electron chi connectivity index (χ1n) is 8.26. The molecule has 0 aliphatic heterocycles. The van der Waals surface area contributed by atoms with Crippen molar-refractivity contribution < 1.29 is 19.1 Å². The number of amides is 1. The Morgan fingerprint density at radius 1 is 0.920 bits per heavy atom. The summed E-state index contributed by atoms with van der Waals surface area (Å²) >= 11 is 0. The highest BCUT2D eigenvalue weighted by Gasteiger charge is 2.14. The fourth-order valence-corrected chi connectivity index (χ4v) is 2.37. The maximum atomic E-state index is 12.1. The van der Waals surface area contributed by atoms with Gasteiger partial charge in [0.25, 0.3) is 0 Å². The van der Waals surface area contributed by atoms with Crippen LogP contribution in [-0.2, 0) is 9.53 Å². The van der Waals surface area contributed by atoms with Crippen LogP contribution < -0.4 is 5.32 Å². The molecule has 2 aromatic rings. The Morgan fingerprint density at radius 2 is 1.60 bits per heavy atom. The predicted molar refractivity (Wildman–Crippen MR) is 95.7 cm³/mol. The van der Waals surface area contributed by atoms with Crippen LogP contribution in [0.25, 0.3) is 0 Å². The molecule has 0 heterocycles. The van der Waals surface area contributed by atoms with Gasteiger partial charge in [0, 0.05) is 18.4 Å². The van der Waals surface area contributed by atoms with E-state index in [0.717, 1.165) is 0 Å². The van der Waals surface area contributed by atoms with Crippen LogP contribution in [0.2, 0.25) is 0 Å². The molecule has 0 saturated carbocycles. The van der Waals surface area contributed by atoms with Crippen LogP contribution in [0.5, 0.6) is 0 Å². The Morgan fingerprint density at radius 3 is 2.32 bits per heavy atom. The number of para-hydroxylation sites is 1. The number of Topliss-reactive ketones (excluding diaryl/α,β-unsaturated/α-hetero) is 1. The van der Waals surface area contributed by atoms with Crippen molar-refractivity contribution in [1.82, 2.24) is 0 Å². The topological polar surface area (TPSA) is 72.5 Å². The molecule has 25 heavy (non-hydrogen) atoms. The van der Waals surface area contributed by atoms with Gasteiger partial charge in [0.15, 0.2) is 5.78 Å². The molecular formula is C20H21NO4. The molecule has 0 atom stereocenters. The van der Waals surface area contributed by atoms with Crippen molar-refractivity contribution in [2.75, 3.05) is 11.9 Å². The zero-order chi connectivity index (χ0) is 18.1. The second-order valence-electron chi connectivity index (χ2n) is 5.46. The van der Waals surface area contributed by atoms with Gasteiger partial charge >= 0.3 is 5.97 Å². The molecule has 5 nitrogen and oxygen atoms in total. The van der Waals surface area contributed by atoms with Gasteiger partial charge in [0.05, 0.1) is 17.9 Å². The molecule has 0 unspecified atom stereocenters. The summed E-state index contributed by atoms with van der Waals surface area (Å²) in [6.07, 6.45) is 0.952. The van der Waals surface area contributed by atoms with E-state index in [-0.39, 0.29) is 24.7 Å². The molecule has 2 rings (SSSR count). The number of ketones is 1. The highest BCUT2D eigenvalue weighted by molar-refractivity contribution is 6.01. The van der Waals surface area contributed by atoms with E-state index in [2.05, 4.69) is 5.32 Å². The fraction of sp³-hybridized carbons (Fsp3) is 0.250. The first-order chi connectivity index (χ1) is 12.1. The normalized spacial score (nSPS) is 10.1. The number of benzene rings is 2. The Bertz CT molecular complexity index is 740. The van der Waals surface area contributed by atoms with Gasteiger partial charge in [0.1, 0.15) is 0 Å². The highest BCUT2D eigenvalue weighted by atomic mass is 16.5. The van der Waals surface area contributed by atoms with Crippen molar-refractivity contribution in [3.05, 3.63) is 65.7 Å². The van der Waals surface area contributed by atoms with Gasteiger partial charge in [0.2, 0.25) is 5.91 Å². The Labute approximate surface area is 147 Å². The maximum absolute atomic E-state index is 12.1. The summed E-state index contributed by atoms with van der Waals surface area (Å²) < 4.78 is 4.98. The third-order valence-corrected chi connectivity index (χ3v) is 3.60. The Hall–Kier alpha value is -2.95. The van der Waals surface area contributed by atoms with Gasteiger partial charge in [-0.15, -0.1) is 0 Å². The molecule has 2 aromatic carbocycles. The number of hydrogen-bond acceptors (Lipinski definition) is 4. The van der Waals surface area contributed by atoms with Crippen molar-refractivity contribution in [2.45, 2.75) is 26.2 Å². The lowest BCUT2D eigenvalue weighted by Gasteiger charge is -2.10. The van der Waals surface area contributed by atoms with Crippen LogP contribution in [0.3, 0.4) is 0 Å². The molecule has 1 N–H and O–H groups in total. The van der Waals surface area contributed by atoms with Crippen LogP contribution in [0.4, 0.5) is 5.69 Å². The van der Waals surface area contributed by atoms with Crippen LogP contribution in [0.15, 0.2) is 54.6 Å². The average Bonchev–Trinajstić information content (AvgIpc) is 2.63. The molecule has 0 saturated heterocycles. The first-order valence-corrected chi connectivity index (χ1v) is 8.26. The van der Waals surface area contributed by atoms with Gasteiger partial charge in [-0.05, 0) is 25.5 Å². The van der Waals surface area contributed by atoms with E-state index in [1.165, 1.54) is 0 Å². The summed E-state index contributed by atoms with van der Waals surface area (Å²) in [6, 6.07) is 15.7. The van der Waals surface area contributed by atoms with E-state index in [9.17, 15) is 14.4 Å². The smallest absolute Gasteiger partial charge is 0.340 e. The van der Waals surface area contributed by atoms with E-state index >= 15 is 0 Å². The van der Waals surface area contributed by atoms with Gasteiger partial charge in [-0.3, -0.25) is 9.59 Å². The van der Waals surface area contributed by atoms with Crippen molar-refractivity contribution in [3.8, 4) is 0 Å². The van der Waals surface area contributed by atoms with Gasteiger partial charge in [-0.1, -0.05) is 42.5 Å². The van der Waals surface area contributed by atoms with E-state index in [1.54, 1.807) is 43.3 Å². The molecule has 0 bridgehead atoms. The molecule has 0 radical (unpaired) electrons. The third kappa shape index (κ3) is 5.57. The molecule has 130 valence electrons. The molecule has 0 fully saturated rings. The molecule has 5 heteroatoms. The SMILES string of the molecule is CCOC(=O)c1ccccc1NC(=O)CCCC(=O)c1ccccc1. The molecule has 0 aliphatic rings. The number of ether oxygens (including phenoxy) is 1. The van der Waals surface area contributed by atoms with Crippen molar-refractivity contribution in [1.29, 1.82) is 0 Å². The number of carbonyl (C=O) groups excluding carboxylic acids is 3. The lowest BCUT2D eigenvalue weighted by molar-refractivity contribution is -0.116. The zero-order valence-corrected chi connectivity index (χ0v) is 14.2. The number of rotatable bonds is 8. The van der Waals surface area contributed by atoms with Crippen LogP contribution in [0, 0.1) is 0 Å². The minimum atomic E-state index is -0.474. The quantitative estimate of drug-likeness (QED) is 0.585. The summed E-state index contributed by atoms with van der Waals surface area (Å²) in [5.41, 5.74) is 1.38. The standard InChI is InChI=1S/C20H21NO4/c1-2-25-20(24)16-11-6-7-12-17(16)21-19(23)14-8-13-18(22)15-9-4-3-5-10-15/h3-7,9-12H,2,8,13-14H2,1H3,(H,21,23). The predicted octanol–water partition coefficient (Wildman–Crippen LogP) is 3.86. The summed E-state index contributed by atoms with van der Waals surface area (Å²) in [6.45, 7) is 1.99. The average molecular weight is 339 g/mol. The van der Waals surface area contributed by atoms with Gasteiger partial charge in [-0.25, -0.2) is 4.79 Å². The fourth-order valence-electron chi connectivity index (χ4n) is 2.37. The second kappa shape index (κ2) is 9.37. The van der Waals surface area contributed by atoms with E-state index in [0.29, 0.717) is 29.7 Å². The van der Waals surface area contributed by atoms with E-state index in [4.69, 9.17) is 4.74 Å². The summed E-state index contributed by atoms with van der Waals surface area (Å²) in [7, 11) is 0. The van der Waals surface area contributed by atoms with Crippen LogP contribution in [-0.4, -0.2) is 24.3 Å². The third-order valence-electron chi connectivity index (χ3n) is 3.60. The van der Waals surface area contributed by atoms with Crippen molar-refractivity contribution in [2.24, 2.45) is 0 Å². The molecule has 0 aromatic heterocycles.